The number of aromatic nitrogens is 1. The predicted molar refractivity (Wildman–Crippen MR) is 90.1 cm³/mol. The zero-order valence-electron chi connectivity index (χ0n) is 13.9. The van der Waals surface area contributed by atoms with E-state index in [4.69, 9.17) is 4.74 Å². The molecule has 0 saturated heterocycles. The summed E-state index contributed by atoms with van der Waals surface area (Å²) >= 11 is 0. The third kappa shape index (κ3) is 4.43. The normalized spacial score (nSPS) is 11.2. The summed E-state index contributed by atoms with van der Waals surface area (Å²) in [6, 6.07) is 10.9. The molecule has 0 aliphatic carbocycles. The van der Waals surface area contributed by atoms with Crippen LogP contribution in [0, 0.1) is 11.6 Å². The molecule has 28 heavy (non-hydrogen) atoms. The quantitative estimate of drug-likeness (QED) is 0.601. The van der Waals surface area contributed by atoms with Crippen LogP contribution in [0.15, 0.2) is 60.8 Å². The number of nitrogens with zero attached hydrogens (tertiary/aromatic N) is 1. The van der Waals surface area contributed by atoms with Crippen LogP contribution in [-0.2, 0) is 6.18 Å². The molecular formula is C19H11F5N2O2. The fourth-order valence-electron chi connectivity index (χ4n) is 2.27. The third-order valence-corrected chi connectivity index (χ3v) is 3.57. The van der Waals surface area contributed by atoms with Gasteiger partial charge in [0, 0.05) is 5.69 Å². The number of halogens is 5. The number of carbonyl (C=O) groups is 1. The van der Waals surface area contributed by atoms with Crippen molar-refractivity contribution in [3.63, 3.8) is 0 Å². The second-order valence-corrected chi connectivity index (χ2v) is 5.56. The van der Waals surface area contributed by atoms with E-state index in [0.29, 0.717) is 6.20 Å². The molecule has 3 rings (SSSR count). The van der Waals surface area contributed by atoms with Gasteiger partial charge in [-0.1, -0.05) is 12.1 Å². The largest absolute Gasteiger partial charge is 0.438 e. The minimum Gasteiger partial charge on any atom is -0.438 e. The number of benzene rings is 2. The number of alkyl halides is 3. The lowest BCUT2D eigenvalue weighted by molar-refractivity contribution is -0.139. The van der Waals surface area contributed by atoms with Crippen LogP contribution in [0.25, 0.3) is 0 Å². The number of nitrogens with one attached hydrogen (secondary N) is 1. The van der Waals surface area contributed by atoms with Gasteiger partial charge in [-0.3, -0.25) is 4.79 Å². The van der Waals surface area contributed by atoms with Crippen molar-refractivity contribution in [2.75, 3.05) is 5.32 Å². The van der Waals surface area contributed by atoms with Gasteiger partial charge < -0.3 is 10.1 Å². The van der Waals surface area contributed by atoms with E-state index < -0.39 is 35.2 Å². The SMILES string of the molecule is O=C(Nc1ccc(Oc2ncc(F)cc2C(F)(F)F)cc1)c1ccccc1F. The zero-order valence-corrected chi connectivity index (χ0v) is 13.9. The average molecular weight is 394 g/mol. The molecule has 1 amide bonds. The summed E-state index contributed by atoms with van der Waals surface area (Å²) in [7, 11) is 0. The van der Waals surface area contributed by atoms with Gasteiger partial charge >= 0.3 is 6.18 Å². The first kappa shape index (κ1) is 19.3. The van der Waals surface area contributed by atoms with E-state index in [1.807, 2.05) is 0 Å². The maximum atomic E-state index is 13.6. The number of carbonyl (C=O) groups excluding carboxylic acids is 1. The molecule has 3 aromatic rings. The Labute approximate surface area is 155 Å². The van der Waals surface area contributed by atoms with E-state index >= 15 is 0 Å². The Morgan fingerprint density at radius 2 is 1.68 bits per heavy atom. The summed E-state index contributed by atoms with van der Waals surface area (Å²) in [5.74, 6) is -3.36. The van der Waals surface area contributed by atoms with Crippen molar-refractivity contribution in [1.29, 1.82) is 0 Å². The van der Waals surface area contributed by atoms with Crippen LogP contribution in [0.4, 0.5) is 27.6 Å². The maximum Gasteiger partial charge on any atom is 0.421 e. The fraction of sp³-hybridized carbons (Fsp3) is 0.0526. The van der Waals surface area contributed by atoms with Crippen molar-refractivity contribution in [1.82, 2.24) is 4.98 Å². The van der Waals surface area contributed by atoms with E-state index in [1.165, 1.54) is 42.5 Å². The Morgan fingerprint density at radius 3 is 2.32 bits per heavy atom. The molecule has 1 heterocycles. The van der Waals surface area contributed by atoms with Crippen LogP contribution in [0.2, 0.25) is 0 Å². The first-order valence-corrected chi connectivity index (χ1v) is 7.80. The van der Waals surface area contributed by atoms with E-state index in [-0.39, 0.29) is 23.1 Å². The molecule has 1 N–H and O–H groups in total. The molecule has 0 saturated carbocycles. The Hall–Kier alpha value is -3.49. The Morgan fingerprint density at radius 1 is 1.00 bits per heavy atom. The van der Waals surface area contributed by atoms with Crippen molar-refractivity contribution in [3.05, 3.63) is 83.6 Å². The van der Waals surface area contributed by atoms with Gasteiger partial charge in [0.05, 0.1) is 11.8 Å². The van der Waals surface area contributed by atoms with Crippen LogP contribution >= 0.6 is 0 Å². The zero-order chi connectivity index (χ0) is 20.3. The predicted octanol–water partition coefficient (Wildman–Crippen LogP) is 5.42. The summed E-state index contributed by atoms with van der Waals surface area (Å²) in [5.41, 5.74) is -1.25. The molecule has 0 aliphatic heterocycles. The van der Waals surface area contributed by atoms with Crippen LogP contribution in [0.3, 0.4) is 0 Å². The smallest absolute Gasteiger partial charge is 0.421 e. The maximum absolute atomic E-state index is 13.6. The lowest BCUT2D eigenvalue weighted by atomic mass is 10.2. The molecule has 0 atom stereocenters. The average Bonchev–Trinajstić information content (AvgIpc) is 2.64. The topological polar surface area (TPSA) is 51.2 Å². The van der Waals surface area contributed by atoms with Gasteiger partial charge in [-0.15, -0.1) is 0 Å². The second-order valence-electron chi connectivity index (χ2n) is 5.56. The van der Waals surface area contributed by atoms with Crippen LogP contribution in [0.5, 0.6) is 11.6 Å². The van der Waals surface area contributed by atoms with Gasteiger partial charge in [0.2, 0.25) is 5.88 Å². The Kier molecular flexibility index (Phi) is 5.25. The number of pyridine rings is 1. The lowest BCUT2D eigenvalue weighted by Crippen LogP contribution is -2.13. The van der Waals surface area contributed by atoms with Gasteiger partial charge in [-0.2, -0.15) is 13.2 Å². The summed E-state index contributed by atoms with van der Waals surface area (Å²) in [6.45, 7) is 0. The number of hydrogen-bond acceptors (Lipinski definition) is 3. The molecule has 0 bridgehead atoms. The molecule has 0 radical (unpaired) electrons. The molecule has 144 valence electrons. The summed E-state index contributed by atoms with van der Waals surface area (Å²) < 4.78 is 70.7. The van der Waals surface area contributed by atoms with E-state index in [2.05, 4.69) is 10.3 Å². The highest BCUT2D eigenvalue weighted by molar-refractivity contribution is 6.04. The molecule has 2 aromatic carbocycles. The van der Waals surface area contributed by atoms with Crippen molar-refractivity contribution in [2.45, 2.75) is 6.18 Å². The van der Waals surface area contributed by atoms with Gasteiger partial charge in [-0.05, 0) is 42.5 Å². The molecule has 0 unspecified atom stereocenters. The molecule has 1 aromatic heterocycles. The monoisotopic (exact) mass is 394 g/mol. The van der Waals surface area contributed by atoms with Gasteiger partial charge in [0.25, 0.3) is 5.91 Å². The van der Waals surface area contributed by atoms with Crippen LogP contribution in [0.1, 0.15) is 15.9 Å². The summed E-state index contributed by atoms with van der Waals surface area (Å²) in [6.07, 6.45) is -4.24. The van der Waals surface area contributed by atoms with E-state index in [0.717, 1.165) is 6.07 Å². The first-order valence-electron chi connectivity index (χ1n) is 7.80. The van der Waals surface area contributed by atoms with Crippen molar-refractivity contribution in [2.24, 2.45) is 0 Å². The minimum absolute atomic E-state index is 0.0199. The van der Waals surface area contributed by atoms with Gasteiger partial charge in [0.15, 0.2) is 0 Å². The molecular weight excluding hydrogens is 383 g/mol. The number of anilines is 1. The molecule has 0 spiro atoms. The van der Waals surface area contributed by atoms with Crippen molar-refractivity contribution in [3.8, 4) is 11.6 Å². The first-order chi connectivity index (χ1) is 13.2. The standard InChI is InChI=1S/C19H11F5N2O2/c20-11-9-15(19(22,23)24)18(25-10-11)28-13-7-5-12(6-8-13)26-17(27)14-3-1-2-4-16(14)21/h1-10H,(H,26,27). The van der Waals surface area contributed by atoms with Gasteiger partial charge in [-0.25, -0.2) is 13.8 Å². The summed E-state index contributed by atoms with van der Waals surface area (Å²) in [4.78, 5) is 15.4. The van der Waals surface area contributed by atoms with E-state index in [9.17, 15) is 26.7 Å². The second kappa shape index (κ2) is 7.63. The van der Waals surface area contributed by atoms with Gasteiger partial charge in [0.1, 0.15) is 22.9 Å². The van der Waals surface area contributed by atoms with Crippen LogP contribution < -0.4 is 10.1 Å². The van der Waals surface area contributed by atoms with Crippen LogP contribution in [-0.4, -0.2) is 10.9 Å². The third-order valence-electron chi connectivity index (χ3n) is 3.57. The number of ether oxygens (including phenoxy) is 1. The van der Waals surface area contributed by atoms with Crippen molar-refractivity contribution < 1.29 is 31.5 Å². The Balaban J connectivity index is 1.76. The minimum atomic E-state index is -4.85. The number of amides is 1. The number of rotatable bonds is 4. The fourth-order valence-corrected chi connectivity index (χ4v) is 2.27. The highest BCUT2D eigenvalue weighted by Crippen LogP contribution is 2.37. The lowest BCUT2D eigenvalue weighted by Gasteiger charge is -2.13. The summed E-state index contributed by atoms with van der Waals surface area (Å²) in [5, 5.41) is 2.45. The van der Waals surface area contributed by atoms with E-state index in [1.54, 1.807) is 0 Å². The number of hydrogen-bond donors (Lipinski definition) is 1. The highest BCUT2D eigenvalue weighted by atomic mass is 19.4. The Bertz CT molecular complexity index is 1000. The highest BCUT2D eigenvalue weighted by Gasteiger charge is 2.36. The molecule has 0 fully saturated rings. The molecule has 0 aliphatic rings. The van der Waals surface area contributed by atoms with Crippen molar-refractivity contribution >= 4 is 11.6 Å². The molecule has 9 heteroatoms. The molecule has 4 nitrogen and oxygen atoms in total.